The second kappa shape index (κ2) is 8.22. The number of piperidine rings is 1. The minimum absolute atomic E-state index is 0.116. The summed E-state index contributed by atoms with van der Waals surface area (Å²) in [5, 5.41) is 4.97. The highest BCUT2D eigenvalue weighted by Crippen LogP contribution is 2.37. The van der Waals surface area contributed by atoms with Gasteiger partial charge in [-0.1, -0.05) is 17.7 Å². The van der Waals surface area contributed by atoms with Crippen molar-refractivity contribution in [3.05, 3.63) is 45.6 Å². The molecule has 4 rings (SSSR count). The van der Waals surface area contributed by atoms with Crippen LogP contribution in [0, 0.1) is 0 Å². The highest BCUT2D eigenvalue weighted by Gasteiger charge is 2.37. The normalized spacial score (nSPS) is 20.8. The average Bonchev–Trinajstić information content (AvgIpc) is 3.50. The molecule has 0 N–H and O–H groups in total. The van der Waals surface area contributed by atoms with Gasteiger partial charge in [-0.3, -0.25) is 4.57 Å². The fourth-order valence-electron chi connectivity index (χ4n) is 3.86. The van der Waals surface area contributed by atoms with Crippen molar-refractivity contribution in [2.24, 2.45) is 0 Å². The molecule has 1 unspecified atom stereocenters. The number of aromatic nitrogens is 3. The van der Waals surface area contributed by atoms with Crippen LogP contribution < -0.4 is 5.69 Å². The molecular weight excluding hydrogens is 416 g/mol. The van der Waals surface area contributed by atoms with Crippen LogP contribution in [-0.4, -0.2) is 53.9 Å². The van der Waals surface area contributed by atoms with E-state index >= 15 is 0 Å². The van der Waals surface area contributed by atoms with Crippen LogP contribution in [-0.2, 0) is 21.3 Å². The van der Waals surface area contributed by atoms with Crippen molar-refractivity contribution >= 4 is 21.6 Å². The van der Waals surface area contributed by atoms with Gasteiger partial charge < -0.3 is 4.74 Å². The van der Waals surface area contributed by atoms with Gasteiger partial charge in [-0.25, -0.2) is 17.9 Å². The Bertz CT molecular complexity index is 1040. The molecule has 2 fully saturated rings. The van der Waals surface area contributed by atoms with Crippen molar-refractivity contribution < 1.29 is 13.2 Å². The number of hydrogen-bond acceptors (Lipinski definition) is 5. The smallest absolute Gasteiger partial charge is 0.346 e. The molecule has 1 aromatic carbocycles. The Labute approximate surface area is 175 Å². The Morgan fingerprint density at radius 1 is 1.28 bits per heavy atom. The van der Waals surface area contributed by atoms with Crippen LogP contribution in [0.1, 0.15) is 43.5 Å². The Balaban J connectivity index is 1.63. The first-order valence-corrected chi connectivity index (χ1v) is 11.7. The molecule has 0 spiro atoms. The molecule has 1 atom stereocenters. The Morgan fingerprint density at radius 2 is 2.07 bits per heavy atom. The summed E-state index contributed by atoms with van der Waals surface area (Å²) in [5.41, 5.74) is -0.130. The summed E-state index contributed by atoms with van der Waals surface area (Å²) in [6, 6.07) is 6.50. The molecule has 0 radical (unpaired) electrons. The number of sulfonamides is 1. The van der Waals surface area contributed by atoms with Crippen LogP contribution >= 0.6 is 11.6 Å². The van der Waals surface area contributed by atoms with E-state index in [2.05, 4.69) is 5.10 Å². The molecule has 1 aliphatic heterocycles. The minimum atomic E-state index is -3.65. The van der Waals surface area contributed by atoms with Gasteiger partial charge in [-0.15, -0.1) is 0 Å². The van der Waals surface area contributed by atoms with E-state index in [-0.39, 0.29) is 22.5 Å². The largest absolute Gasteiger partial charge is 0.383 e. The van der Waals surface area contributed by atoms with E-state index in [0.717, 1.165) is 19.3 Å². The Kier molecular flexibility index (Phi) is 5.83. The molecular formula is C19H25ClN4O4S. The van der Waals surface area contributed by atoms with Gasteiger partial charge in [0.2, 0.25) is 10.0 Å². The molecule has 10 heteroatoms. The highest BCUT2D eigenvalue weighted by molar-refractivity contribution is 7.89. The minimum Gasteiger partial charge on any atom is -0.383 e. The number of benzene rings is 1. The molecule has 29 heavy (non-hydrogen) atoms. The summed E-state index contributed by atoms with van der Waals surface area (Å²) in [4.78, 5) is 13.0. The van der Waals surface area contributed by atoms with Crippen LogP contribution in [0.4, 0.5) is 0 Å². The predicted molar refractivity (Wildman–Crippen MR) is 109 cm³/mol. The van der Waals surface area contributed by atoms with E-state index in [1.54, 1.807) is 29.9 Å². The maximum atomic E-state index is 13.1. The number of halogens is 1. The van der Waals surface area contributed by atoms with Gasteiger partial charge in [0.05, 0.1) is 18.0 Å². The maximum absolute atomic E-state index is 13.1. The quantitative estimate of drug-likeness (QED) is 0.659. The van der Waals surface area contributed by atoms with E-state index in [0.29, 0.717) is 43.5 Å². The number of rotatable bonds is 7. The van der Waals surface area contributed by atoms with Gasteiger partial charge >= 0.3 is 5.69 Å². The van der Waals surface area contributed by atoms with Crippen molar-refractivity contribution in [1.82, 2.24) is 18.7 Å². The first kappa shape index (κ1) is 20.6. The molecule has 2 aliphatic rings. The van der Waals surface area contributed by atoms with E-state index in [9.17, 15) is 13.2 Å². The Morgan fingerprint density at radius 3 is 2.76 bits per heavy atom. The zero-order valence-electron chi connectivity index (χ0n) is 16.3. The second-order valence-corrected chi connectivity index (χ2v) is 9.99. The monoisotopic (exact) mass is 440 g/mol. The summed E-state index contributed by atoms with van der Waals surface area (Å²) < 4.78 is 36.0. The zero-order chi connectivity index (χ0) is 20.6. The Hall–Kier alpha value is -1.68. The lowest BCUT2D eigenvalue weighted by Crippen LogP contribution is -2.40. The van der Waals surface area contributed by atoms with Crippen molar-refractivity contribution in [2.75, 3.05) is 26.8 Å². The van der Waals surface area contributed by atoms with E-state index in [1.807, 2.05) is 0 Å². The highest BCUT2D eigenvalue weighted by atomic mass is 35.5. The van der Waals surface area contributed by atoms with Crippen LogP contribution in [0.5, 0.6) is 0 Å². The van der Waals surface area contributed by atoms with E-state index in [4.69, 9.17) is 16.3 Å². The van der Waals surface area contributed by atoms with Gasteiger partial charge in [0.1, 0.15) is 5.82 Å². The molecule has 0 amide bonds. The fraction of sp³-hybridized carbons (Fsp3) is 0.579. The first-order chi connectivity index (χ1) is 13.9. The van der Waals surface area contributed by atoms with E-state index < -0.39 is 10.0 Å². The van der Waals surface area contributed by atoms with Gasteiger partial charge in [0, 0.05) is 37.2 Å². The fourth-order valence-corrected chi connectivity index (χ4v) is 5.69. The molecule has 1 aliphatic carbocycles. The van der Waals surface area contributed by atoms with Crippen LogP contribution in [0.3, 0.4) is 0 Å². The molecule has 2 aromatic rings. The summed E-state index contributed by atoms with van der Waals surface area (Å²) in [6.07, 6.45) is 3.43. The molecule has 158 valence electrons. The second-order valence-electron chi connectivity index (χ2n) is 7.62. The van der Waals surface area contributed by atoms with Crippen molar-refractivity contribution in [1.29, 1.82) is 0 Å². The third kappa shape index (κ3) is 4.14. The lowest BCUT2D eigenvalue weighted by Gasteiger charge is -2.31. The third-order valence-electron chi connectivity index (χ3n) is 5.50. The van der Waals surface area contributed by atoms with Crippen LogP contribution in [0.2, 0.25) is 5.02 Å². The summed E-state index contributed by atoms with van der Waals surface area (Å²) in [6.45, 7) is 1.55. The number of ether oxygens (including phenoxy) is 1. The van der Waals surface area contributed by atoms with Crippen molar-refractivity contribution in [2.45, 2.75) is 49.1 Å². The molecule has 1 saturated heterocycles. The SMILES string of the molecule is COCCn1nc(C2CCCN(S(=O)(=O)c3cccc(Cl)c3)C2)n(C2CC2)c1=O. The van der Waals surface area contributed by atoms with Gasteiger partial charge in [-0.2, -0.15) is 9.40 Å². The zero-order valence-corrected chi connectivity index (χ0v) is 17.9. The predicted octanol–water partition coefficient (Wildman–Crippen LogP) is 2.25. The maximum Gasteiger partial charge on any atom is 0.346 e. The van der Waals surface area contributed by atoms with Crippen LogP contribution in [0.15, 0.2) is 34.0 Å². The molecule has 2 heterocycles. The summed E-state index contributed by atoms with van der Waals surface area (Å²) in [7, 11) is -2.07. The van der Waals surface area contributed by atoms with Gasteiger partial charge in [0.25, 0.3) is 0 Å². The van der Waals surface area contributed by atoms with Crippen molar-refractivity contribution in [3.8, 4) is 0 Å². The molecule has 8 nitrogen and oxygen atoms in total. The summed E-state index contributed by atoms with van der Waals surface area (Å²) >= 11 is 5.99. The third-order valence-corrected chi connectivity index (χ3v) is 7.60. The average molecular weight is 441 g/mol. The molecule has 0 bridgehead atoms. The van der Waals surface area contributed by atoms with Gasteiger partial charge in [-0.05, 0) is 43.9 Å². The van der Waals surface area contributed by atoms with Crippen molar-refractivity contribution in [3.63, 3.8) is 0 Å². The first-order valence-electron chi connectivity index (χ1n) is 9.85. The lowest BCUT2D eigenvalue weighted by molar-refractivity contribution is 0.182. The standard InChI is InChI=1S/C19H25ClN4O4S/c1-28-11-10-23-19(25)24(16-7-8-16)18(21-23)14-4-3-9-22(13-14)29(26,27)17-6-2-5-15(20)12-17/h2,5-6,12,14,16H,3-4,7-11,13H2,1H3. The number of nitrogens with zero attached hydrogens (tertiary/aromatic N) is 4. The lowest BCUT2D eigenvalue weighted by atomic mass is 9.99. The molecule has 1 aromatic heterocycles. The van der Waals surface area contributed by atoms with E-state index in [1.165, 1.54) is 15.1 Å². The van der Waals surface area contributed by atoms with Crippen LogP contribution in [0.25, 0.3) is 0 Å². The number of methoxy groups -OCH3 is 1. The van der Waals surface area contributed by atoms with Gasteiger partial charge in [0.15, 0.2) is 0 Å². The number of hydrogen-bond donors (Lipinski definition) is 0. The summed E-state index contributed by atoms with van der Waals surface area (Å²) in [5.74, 6) is 0.578. The molecule has 1 saturated carbocycles. The topological polar surface area (TPSA) is 86.4 Å².